The van der Waals surface area contributed by atoms with Gasteiger partial charge in [-0.25, -0.2) is 0 Å². The molecule has 2 aromatic rings. The molecule has 0 spiro atoms. The number of carbonyl (C=O) groups is 1. The van der Waals surface area contributed by atoms with Crippen LogP contribution in [0.2, 0.25) is 0 Å². The van der Waals surface area contributed by atoms with Gasteiger partial charge in [-0.1, -0.05) is 24.3 Å². The van der Waals surface area contributed by atoms with Gasteiger partial charge in [0, 0.05) is 46.1 Å². The maximum absolute atomic E-state index is 12.6. The Hall–Kier alpha value is -2.76. The van der Waals surface area contributed by atoms with E-state index in [2.05, 4.69) is 39.1 Å². The van der Waals surface area contributed by atoms with Crippen LogP contribution in [0.4, 0.5) is 0 Å². The molecule has 0 radical (unpaired) electrons. The molecule has 1 aromatic heterocycles. The summed E-state index contributed by atoms with van der Waals surface area (Å²) in [5.41, 5.74) is 3.79. The molecule has 26 heavy (non-hydrogen) atoms. The lowest BCUT2D eigenvalue weighted by atomic mass is 10.00. The summed E-state index contributed by atoms with van der Waals surface area (Å²) >= 11 is 0. The molecular formula is C20H27N5O. The summed E-state index contributed by atoms with van der Waals surface area (Å²) in [5, 5.41) is 3.20. The maximum atomic E-state index is 12.6. The Morgan fingerprint density at radius 2 is 2.00 bits per heavy atom. The van der Waals surface area contributed by atoms with Crippen molar-refractivity contribution in [2.75, 3.05) is 27.2 Å². The van der Waals surface area contributed by atoms with E-state index >= 15 is 0 Å². The number of guanidine groups is 1. The van der Waals surface area contributed by atoms with Crippen LogP contribution in [0.5, 0.6) is 0 Å². The zero-order chi connectivity index (χ0) is 18.5. The van der Waals surface area contributed by atoms with Crippen LogP contribution in [0.25, 0.3) is 0 Å². The highest BCUT2D eigenvalue weighted by atomic mass is 16.2. The highest BCUT2D eigenvalue weighted by Crippen LogP contribution is 2.18. The smallest absolute Gasteiger partial charge is 0.242 e. The molecule has 1 aromatic carbocycles. The number of nitrogens with one attached hydrogen (secondary N) is 1. The fourth-order valence-corrected chi connectivity index (χ4v) is 3.34. The predicted molar refractivity (Wildman–Crippen MR) is 104 cm³/mol. The van der Waals surface area contributed by atoms with E-state index in [1.165, 1.54) is 16.8 Å². The van der Waals surface area contributed by atoms with E-state index in [1.54, 1.807) is 7.05 Å². The Labute approximate surface area is 155 Å². The average Bonchev–Trinajstić information content (AvgIpc) is 3.06. The minimum atomic E-state index is 0.105. The van der Waals surface area contributed by atoms with Crippen LogP contribution < -0.4 is 5.32 Å². The second-order valence-electron chi connectivity index (χ2n) is 6.70. The molecule has 0 saturated carbocycles. The minimum Gasteiger partial charge on any atom is -0.353 e. The van der Waals surface area contributed by atoms with Crippen molar-refractivity contribution in [2.24, 2.45) is 12.0 Å². The van der Waals surface area contributed by atoms with Gasteiger partial charge >= 0.3 is 0 Å². The Bertz CT molecular complexity index is 795. The summed E-state index contributed by atoms with van der Waals surface area (Å²) in [7, 11) is 5.74. The highest BCUT2D eigenvalue weighted by molar-refractivity contribution is 5.86. The van der Waals surface area contributed by atoms with Crippen LogP contribution in [-0.4, -0.2) is 53.4 Å². The molecule has 1 aliphatic rings. The van der Waals surface area contributed by atoms with Gasteiger partial charge in [-0.2, -0.15) is 0 Å². The number of fused-ring (bicyclic) bond motifs is 1. The molecule has 0 aliphatic carbocycles. The first-order valence-corrected chi connectivity index (χ1v) is 8.95. The van der Waals surface area contributed by atoms with Gasteiger partial charge < -0.3 is 19.7 Å². The Balaban J connectivity index is 1.54. The van der Waals surface area contributed by atoms with Gasteiger partial charge in [-0.05, 0) is 29.7 Å². The number of carbonyl (C=O) groups excluding carboxylic acids is 1. The number of amides is 1. The monoisotopic (exact) mass is 353 g/mol. The summed E-state index contributed by atoms with van der Waals surface area (Å²) in [6.45, 7) is 2.45. The SMILES string of the molecule is CN=C(NCC(=O)N1CCc2ccccc2C1)N(C)Cc1cccn1C. The molecule has 0 unspecified atom stereocenters. The molecule has 0 atom stereocenters. The van der Waals surface area contributed by atoms with Crippen molar-refractivity contribution in [1.29, 1.82) is 0 Å². The fourth-order valence-electron chi connectivity index (χ4n) is 3.34. The average molecular weight is 353 g/mol. The zero-order valence-corrected chi connectivity index (χ0v) is 15.8. The minimum absolute atomic E-state index is 0.105. The normalized spacial score (nSPS) is 14.1. The Kier molecular flexibility index (Phi) is 5.61. The maximum Gasteiger partial charge on any atom is 0.242 e. The number of aliphatic imine (C=N–C) groups is 1. The number of rotatable bonds is 4. The Morgan fingerprint density at radius 3 is 2.69 bits per heavy atom. The molecule has 6 heteroatoms. The molecule has 0 saturated heterocycles. The van der Waals surface area contributed by atoms with Gasteiger partial charge in [0.05, 0.1) is 13.1 Å². The van der Waals surface area contributed by atoms with Gasteiger partial charge in [0.15, 0.2) is 5.96 Å². The lowest BCUT2D eigenvalue weighted by molar-refractivity contribution is -0.130. The second-order valence-corrected chi connectivity index (χ2v) is 6.70. The van der Waals surface area contributed by atoms with Crippen molar-refractivity contribution >= 4 is 11.9 Å². The summed E-state index contributed by atoms with van der Waals surface area (Å²) in [6.07, 6.45) is 2.95. The summed E-state index contributed by atoms with van der Waals surface area (Å²) < 4.78 is 2.08. The highest BCUT2D eigenvalue weighted by Gasteiger charge is 2.20. The number of hydrogen-bond donors (Lipinski definition) is 1. The first kappa shape index (κ1) is 18.0. The van der Waals surface area contributed by atoms with E-state index in [4.69, 9.17) is 0 Å². The van der Waals surface area contributed by atoms with Crippen molar-refractivity contribution in [2.45, 2.75) is 19.5 Å². The number of hydrogen-bond acceptors (Lipinski definition) is 2. The van der Waals surface area contributed by atoms with E-state index in [0.717, 1.165) is 25.5 Å². The molecule has 0 fully saturated rings. The van der Waals surface area contributed by atoms with E-state index in [0.29, 0.717) is 6.54 Å². The lowest BCUT2D eigenvalue weighted by Gasteiger charge is -2.29. The molecule has 1 amide bonds. The van der Waals surface area contributed by atoms with Gasteiger partial charge in [-0.15, -0.1) is 0 Å². The third-order valence-corrected chi connectivity index (χ3v) is 4.90. The van der Waals surface area contributed by atoms with Crippen molar-refractivity contribution in [3.05, 3.63) is 59.4 Å². The fraction of sp³-hybridized carbons (Fsp3) is 0.400. The van der Waals surface area contributed by atoms with Crippen LogP contribution in [-0.2, 0) is 31.4 Å². The van der Waals surface area contributed by atoms with Crippen LogP contribution in [0.1, 0.15) is 16.8 Å². The summed E-state index contributed by atoms with van der Waals surface area (Å²) in [5.74, 6) is 0.824. The van der Waals surface area contributed by atoms with Gasteiger partial charge in [-0.3, -0.25) is 9.79 Å². The third kappa shape index (κ3) is 4.07. The molecule has 3 rings (SSSR count). The predicted octanol–water partition coefficient (Wildman–Crippen LogP) is 1.62. The number of nitrogens with zero attached hydrogens (tertiary/aromatic N) is 4. The first-order valence-electron chi connectivity index (χ1n) is 8.95. The topological polar surface area (TPSA) is 52.9 Å². The molecule has 0 bridgehead atoms. The number of benzene rings is 1. The van der Waals surface area contributed by atoms with Crippen LogP contribution in [0.15, 0.2) is 47.6 Å². The number of aryl methyl sites for hydroxylation is 1. The lowest BCUT2D eigenvalue weighted by Crippen LogP contribution is -2.46. The van der Waals surface area contributed by atoms with Crippen molar-refractivity contribution in [3.63, 3.8) is 0 Å². The van der Waals surface area contributed by atoms with Gasteiger partial charge in [0.25, 0.3) is 0 Å². The molecule has 1 aliphatic heterocycles. The van der Waals surface area contributed by atoms with Crippen LogP contribution in [0.3, 0.4) is 0 Å². The standard InChI is InChI=1S/C20H27N5O/c1-21-20(24(3)15-18-9-6-11-23(18)2)22-13-19(26)25-12-10-16-7-4-5-8-17(16)14-25/h4-9,11H,10,12-15H2,1-3H3,(H,21,22). The van der Waals surface area contributed by atoms with Crippen molar-refractivity contribution < 1.29 is 4.79 Å². The van der Waals surface area contributed by atoms with E-state index in [-0.39, 0.29) is 12.5 Å². The Morgan fingerprint density at radius 1 is 1.23 bits per heavy atom. The van der Waals surface area contributed by atoms with E-state index < -0.39 is 0 Å². The molecule has 6 nitrogen and oxygen atoms in total. The third-order valence-electron chi connectivity index (χ3n) is 4.90. The van der Waals surface area contributed by atoms with Crippen molar-refractivity contribution in [1.82, 2.24) is 19.7 Å². The van der Waals surface area contributed by atoms with E-state index in [1.807, 2.05) is 42.2 Å². The molecule has 2 heterocycles. The van der Waals surface area contributed by atoms with Gasteiger partial charge in [0.1, 0.15) is 0 Å². The van der Waals surface area contributed by atoms with Crippen molar-refractivity contribution in [3.8, 4) is 0 Å². The largest absolute Gasteiger partial charge is 0.353 e. The van der Waals surface area contributed by atoms with Crippen LogP contribution >= 0.6 is 0 Å². The molecule has 1 N–H and O–H groups in total. The number of aromatic nitrogens is 1. The summed E-state index contributed by atoms with van der Waals surface area (Å²) in [6, 6.07) is 12.5. The van der Waals surface area contributed by atoms with Gasteiger partial charge in [0.2, 0.25) is 5.91 Å². The first-order chi connectivity index (χ1) is 12.6. The quantitative estimate of drug-likeness (QED) is 0.671. The molecule has 138 valence electrons. The van der Waals surface area contributed by atoms with Crippen LogP contribution in [0, 0.1) is 0 Å². The molecular weight excluding hydrogens is 326 g/mol. The zero-order valence-electron chi connectivity index (χ0n) is 15.8. The van der Waals surface area contributed by atoms with E-state index in [9.17, 15) is 4.79 Å². The summed E-state index contributed by atoms with van der Waals surface area (Å²) in [4.78, 5) is 20.8. The second kappa shape index (κ2) is 8.08.